The highest BCUT2D eigenvalue weighted by molar-refractivity contribution is 7.92. The summed E-state index contributed by atoms with van der Waals surface area (Å²) in [6, 6.07) is 8.13. The van der Waals surface area contributed by atoms with Crippen molar-refractivity contribution in [2.24, 2.45) is 0 Å². The first-order valence-corrected chi connectivity index (χ1v) is 7.16. The molecule has 1 aromatic carbocycles. The van der Waals surface area contributed by atoms with Gasteiger partial charge in [-0.2, -0.15) is 0 Å². The molecular weight excluding hydrogens is 280 g/mol. The third kappa shape index (κ3) is 3.12. The van der Waals surface area contributed by atoms with E-state index in [9.17, 15) is 13.2 Å². The number of nitrogens with zero attached hydrogens (tertiary/aromatic N) is 1. The Bertz CT molecular complexity index is 739. The number of anilines is 1. The molecule has 0 amide bonds. The number of hydrogen-bond donors (Lipinski definition) is 2. The van der Waals surface area contributed by atoms with E-state index in [2.05, 4.69) is 9.71 Å². The van der Waals surface area contributed by atoms with Crippen LogP contribution in [0, 0.1) is 6.92 Å². The number of aryl methyl sites for hydroxylation is 1. The Morgan fingerprint density at radius 2 is 1.85 bits per heavy atom. The first kappa shape index (κ1) is 14.0. The maximum Gasteiger partial charge on any atom is 0.335 e. The minimum absolute atomic E-state index is 0.00281. The van der Waals surface area contributed by atoms with E-state index >= 15 is 0 Å². The lowest BCUT2D eigenvalue weighted by Crippen LogP contribution is -2.13. The van der Waals surface area contributed by atoms with Crippen molar-refractivity contribution >= 4 is 21.7 Å². The molecule has 0 bridgehead atoms. The van der Waals surface area contributed by atoms with Crippen LogP contribution in [0.5, 0.6) is 0 Å². The van der Waals surface area contributed by atoms with Gasteiger partial charge in [0.05, 0.1) is 16.1 Å². The molecule has 1 heterocycles. The molecule has 0 radical (unpaired) electrons. The van der Waals surface area contributed by atoms with E-state index in [-0.39, 0.29) is 10.5 Å². The third-order valence-electron chi connectivity index (χ3n) is 2.56. The monoisotopic (exact) mass is 292 g/mol. The van der Waals surface area contributed by atoms with E-state index in [0.717, 1.165) is 0 Å². The third-order valence-corrected chi connectivity index (χ3v) is 3.96. The van der Waals surface area contributed by atoms with Gasteiger partial charge in [0, 0.05) is 11.9 Å². The number of carboxylic acids is 1. The lowest BCUT2D eigenvalue weighted by molar-refractivity contribution is 0.0696. The fourth-order valence-electron chi connectivity index (χ4n) is 1.60. The van der Waals surface area contributed by atoms with Gasteiger partial charge < -0.3 is 5.11 Å². The number of carbonyl (C=O) groups is 1. The van der Waals surface area contributed by atoms with Crippen molar-refractivity contribution in [2.75, 3.05) is 4.72 Å². The first-order chi connectivity index (χ1) is 9.38. The summed E-state index contributed by atoms with van der Waals surface area (Å²) in [5.74, 6) is -1.10. The summed E-state index contributed by atoms with van der Waals surface area (Å²) in [6.07, 6.45) is 1.50. The van der Waals surface area contributed by atoms with Crippen LogP contribution in [0.1, 0.15) is 16.1 Å². The van der Waals surface area contributed by atoms with E-state index in [4.69, 9.17) is 5.11 Å². The van der Waals surface area contributed by atoms with Gasteiger partial charge in [0.25, 0.3) is 10.0 Å². The fraction of sp³-hybridized carbons (Fsp3) is 0.0769. The number of hydrogen-bond acceptors (Lipinski definition) is 4. The Balaban J connectivity index is 2.28. The number of sulfonamides is 1. The summed E-state index contributed by atoms with van der Waals surface area (Å²) in [5.41, 5.74) is 1.12. The molecule has 0 aliphatic heterocycles. The highest BCUT2D eigenvalue weighted by Crippen LogP contribution is 2.16. The summed E-state index contributed by atoms with van der Waals surface area (Å²) >= 11 is 0. The molecule has 0 saturated carbocycles. The molecule has 104 valence electrons. The van der Waals surface area contributed by atoms with Crippen molar-refractivity contribution in [3.63, 3.8) is 0 Å². The van der Waals surface area contributed by atoms with Crippen LogP contribution in [-0.4, -0.2) is 24.5 Å². The maximum atomic E-state index is 12.1. The van der Waals surface area contributed by atoms with E-state index < -0.39 is 16.0 Å². The largest absolute Gasteiger partial charge is 0.478 e. The Kier molecular flexibility index (Phi) is 3.71. The Morgan fingerprint density at radius 1 is 1.20 bits per heavy atom. The van der Waals surface area contributed by atoms with Gasteiger partial charge >= 0.3 is 5.97 Å². The van der Waals surface area contributed by atoms with Crippen LogP contribution >= 0.6 is 0 Å². The zero-order chi connectivity index (χ0) is 14.8. The van der Waals surface area contributed by atoms with Crippen LogP contribution in [0.2, 0.25) is 0 Å². The minimum atomic E-state index is -3.74. The van der Waals surface area contributed by atoms with Crippen LogP contribution in [-0.2, 0) is 10.0 Å². The van der Waals surface area contributed by atoms with Gasteiger partial charge in [0.1, 0.15) is 0 Å². The summed E-state index contributed by atoms with van der Waals surface area (Å²) in [4.78, 5) is 14.7. The quantitative estimate of drug-likeness (QED) is 0.897. The van der Waals surface area contributed by atoms with Gasteiger partial charge in [0.2, 0.25) is 0 Å². The average Bonchev–Trinajstić information content (AvgIpc) is 2.38. The molecule has 20 heavy (non-hydrogen) atoms. The number of carboxylic acid groups (broad SMARTS) is 1. The molecule has 0 aliphatic carbocycles. The van der Waals surface area contributed by atoms with Gasteiger partial charge in [0.15, 0.2) is 0 Å². The molecule has 2 rings (SSSR count). The van der Waals surface area contributed by atoms with Crippen LogP contribution in [0.25, 0.3) is 0 Å². The Hall–Kier alpha value is -2.41. The Labute approximate surface area is 116 Å². The topological polar surface area (TPSA) is 96.4 Å². The zero-order valence-corrected chi connectivity index (χ0v) is 11.4. The number of aromatic carboxylic acids is 1. The smallest absolute Gasteiger partial charge is 0.335 e. The summed E-state index contributed by atoms with van der Waals surface area (Å²) in [5, 5.41) is 8.77. The highest BCUT2D eigenvalue weighted by atomic mass is 32.2. The van der Waals surface area contributed by atoms with E-state index in [0.29, 0.717) is 11.4 Å². The molecule has 0 aliphatic rings. The second-order valence-electron chi connectivity index (χ2n) is 4.12. The van der Waals surface area contributed by atoms with Crippen LogP contribution in [0.4, 0.5) is 5.69 Å². The van der Waals surface area contributed by atoms with E-state index in [1.165, 1.54) is 36.5 Å². The van der Waals surface area contributed by atoms with Crippen molar-refractivity contribution < 1.29 is 18.3 Å². The molecule has 2 N–H and O–H groups in total. The molecule has 6 nitrogen and oxygen atoms in total. The minimum Gasteiger partial charge on any atom is -0.478 e. The summed E-state index contributed by atoms with van der Waals surface area (Å²) in [7, 11) is -3.74. The van der Waals surface area contributed by atoms with Gasteiger partial charge in [-0.05, 0) is 43.3 Å². The number of benzene rings is 1. The SMILES string of the molecule is Cc1cc(NS(=O)(=O)c2ccc(C(=O)O)cc2)ccn1. The molecule has 0 spiro atoms. The normalized spacial score (nSPS) is 11.1. The molecule has 7 heteroatoms. The van der Waals surface area contributed by atoms with Crippen molar-refractivity contribution in [3.05, 3.63) is 53.9 Å². The van der Waals surface area contributed by atoms with Crippen LogP contribution in [0.15, 0.2) is 47.5 Å². The molecule has 0 atom stereocenters. The second kappa shape index (κ2) is 5.30. The predicted octanol–water partition coefficient (Wildman–Crippen LogP) is 1.89. The van der Waals surface area contributed by atoms with E-state index in [1.807, 2.05) is 0 Å². The molecule has 0 saturated heterocycles. The predicted molar refractivity (Wildman–Crippen MR) is 73.2 cm³/mol. The van der Waals surface area contributed by atoms with Crippen LogP contribution < -0.4 is 4.72 Å². The standard InChI is InChI=1S/C13H12N2O4S/c1-9-8-11(6-7-14-9)15-20(18,19)12-4-2-10(3-5-12)13(16)17/h2-8H,1H3,(H,14,15)(H,16,17). The molecule has 1 aromatic heterocycles. The lowest BCUT2D eigenvalue weighted by Gasteiger charge is -2.08. The van der Waals surface area contributed by atoms with Crippen LogP contribution in [0.3, 0.4) is 0 Å². The van der Waals surface area contributed by atoms with Crippen molar-refractivity contribution in [1.29, 1.82) is 0 Å². The Morgan fingerprint density at radius 3 is 2.40 bits per heavy atom. The average molecular weight is 292 g/mol. The van der Waals surface area contributed by atoms with Gasteiger partial charge in [-0.25, -0.2) is 13.2 Å². The molecular formula is C13H12N2O4S. The number of aromatic nitrogens is 1. The second-order valence-corrected chi connectivity index (χ2v) is 5.80. The fourth-order valence-corrected chi connectivity index (χ4v) is 2.65. The first-order valence-electron chi connectivity index (χ1n) is 5.67. The summed E-state index contributed by atoms with van der Waals surface area (Å²) < 4.78 is 26.6. The van der Waals surface area contributed by atoms with Gasteiger partial charge in [-0.15, -0.1) is 0 Å². The number of pyridine rings is 1. The zero-order valence-electron chi connectivity index (χ0n) is 10.6. The van der Waals surface area contributed by atoms with Crippen molar-refractivity contribution in [3.8, 4) is 0 Å². The van der Waals surface area contributed by atoms with Gasteiger partial charge in [-0.1, -0.05) is 0 Å². The molecule has 0 unspecified atom stereocenters. The maximum absolute atomic E-state index is 12.1. The van der Waals surface area contributed by atoms with Crippen molar-refractivity contribution in [1.82, 2.24) is 4.98 Å². The molecule has 2 aromatic rings. The number of nitrogens with one attached hydrogen (secondary N) is 1. The lowest BCUT2D eigenvalue weighted by atomic mass is 10.2. The molecule has 0 fully saturated rings. The highest BCUT2D eigenvalue weighted by Gasteiger charge is 2.15. The summed E-state index contributed by atoms with van der Waals surface area (Å²) in [6.45, 7) is 1.75. The van der Waals surface area contributed by atoms with E-state index in [1.54, 1.807) is 13.0 Å². The number of rotatable bonds is 4. The van der Waals surface area contributed by atoms with Gasteiger partial charge in [-0.3, -0.25) is 9.71 Å². The van der Waals surface area contributed by atoms with Crippen molar-refractivity contribution in [2.45, 2.75) is 11.8 Å².